The molecule has 1 amide bonds. The summed E-state index contributed by atoms with van der Waals surface area (Å²) in [5.41, 5.74) is 0.409. The number of amides is 1. The zero-order chi connectivity index (χ0) is 27.5. The minimum absolute atomic E-state index is 0.312. The molecule has 35 heavy (non-hydrogen) atoms. The van der Waals surface area contributed by atoms with E-state index in [-0.39, 0.29) is 11.9 Å². The summed E-state index contributed by atoms with van der Waals surface area (Å²) in [5, 5.41) is 2.37. The zero-order valence-electron chi connectivity index (χ0n) is 20.9. The maximum absolute atomic E-state index is 11.0. The molecule has 0 saturated carbocycles. The molecule has 196 valence electrons. The summed E-state index contributed by atoms with van der Waals surface area (Å²) in [5.74, 6) is -1.68. The largest absolute Gasteiger partial charge is 0.463 e. The standard InChI is InChI=1S/C11H12O2.C7H13NO4S.C7H12O2/c1-9(2)11(12)13-8-10-6-4-3-5-7-10;1-4-6(9)8-7(2,3)5-13(10,11)12;1-3-5-6-9-7(8)4-2/h3-7H,1,8H2,2H3;4H,1,5H2,2-3H3,(H,8,9)(H,10,11,12);4H,2-3,5-6H2,1H3. The van der Waals surface area contributed by atoms with Crippen molar-refractivity contribution in [3.05, 3.63) is 73.4 Å². The predicted octanol–water partition coefficient (Wildman–Crippen LogP) is 3.78. The van der Waals surface area contributed by atoms with Gasteiger partial charge in [-0.25, -0.2) is 9.59 Å². The number of nitrogens with one attached hydrogen (secondary N) is 1. The highest BCUT2D eigenvalue weighted by Crippen LogP contribution is 2.05. The van der Waals surface area contributed by atoms with Gasteiger partial charge in [0.1, 0.15) is 6.61 Å². The van der Waals surface area contributed by atoms with Gasteiger partial charge in [-0.1, -0.05) is 63.4 Å². The number of ether oxygens (including phenoxy) is 2. The third kappa shape index (κ3) is 22.3. The maximum Gasteiger partial charge on any atom is 0.333 e. The van der Waals surface area contributed by atoms with E-state index >= 15 is 0 Å². The van der Waals surface area contributed by atoms with Crippen LogP contribution in [0, 0.1) is 0 Å². The molecule has 9 nitrogen and oxygen atoms in total. The average molecular weight is 512 g/mol. The van der Waals surface area contributed by atoms with E-state index in [9.17, 15) is 22.8 Å². The average Bonchev–Trinajstić information content (AvgIpc) is 2.76. The molecule has 0 aliphatic carbocycles. The number of carbonyl (C=O) groups is 3. The van der Waals surface area contributed by atoms with Gasteiger partial charge in [0, 0.05) is 11.6 Å². The number of carbonyl (C=O) groups excluding carboxylic acids is 3. The van der Waals surface area contributed by atoms with Gasteiger partial charge in [0.05, 0.1) is 17.9 Å². The Balaban J connectivity index is 0. The first-order valence-corrected chi connectivity index (χ1v) is 12.3. The summed E-state index contributed by atoms with van der Waals surface area (Å²) in [6, 6.07) is 9.55. The van der Waals surface area contributed by atoms with Crippen molar-refractivity contribution in [2.45, 2.75) is 52.7 Å². The van der Waals surface area contributed by atoms with Crippen LogP contribution < -0.4 is 5.32 Å². The Kier molecular flexibility index (Phi) is 17.6. The van der Waals surface area contributed by atoms with E-state index < -0.39 is 27.3 Å². The molecule has 0 unspecified atom stereocenters. The van der Waals surface area contributed by atoms with Crippen LogP contribution in [0.5, 0.6) is 0 Å². The van der Waals surface area contributed by atoms with Crippen LogP contribution in [0.2, 0.25) is 0 Å². The van der Waals surface area contributed by atoms with Crippen LogP contribution >= 0.6 is 0 Å². The van der Waals surface area contributed by atoms with Crippen molar-refractivity contribution in [1.29, 1.82) is 0 Å². The SMILES string of the molecule is C=C(C)C(=O)OCc1ccccc1.C=CC(=O)NC(C)(C)CS(=O)(=O)O.C=CC(=O)OCCCC. The van der Waals surface area contributed by atoms with E-state index in [2.05, 4.69) is 29.8 Å². The van der Waals surface area contributed by atoms with Crippen LogP contribution in [-0.2, 0) is 40.6 Å². The molecule has 1 rings (SSSR count). The Morgan fingerprint density at radius 3 is 2.09 bits per heavy atom. The first-order valence-electron chi connectivity index (χ1n) is 10.7. The number of hydrogen-bond donors (Lipinski definition) is 2. The molecule has 0 spiro atoms. The minimum Gasteiger partial charge on any atom is -0.463 e. The summed E-state index contributed by atoms with van der Waals surface area (Å²) in [6.45, 7) is 17.5. The summed E-state index contributed by atoms with van der Waals surface area (Å²) < 4.78 is 39.1. The second-order valence-electron chi connectivity index (χ2n) is 7.87. The number of unbranched alkanes of at least 4 members (excludes halogenated alkanes) is 1. The van der Waals surface area contributed by atoms with Gasteiger partial charge in [0.25, 0.3) is 10.1 Å². The lowest BCUT2D eigenvalue weighted by Crippen LogP contribution is -2.47. The highest BCUT2D eigenvalue weighted by molar-refractivity contribution is 7.85. The fourth-order valence-corrected chi connectivity index (χ4v) is 3.08. The number of esters is 2. The van der Waals surface area contributed by atoms with E-state index in [1.165, 1.54) is 19.9 Å². The summed E-state index contributed by atoms with van der Waals surface area (Å²) in [4.78, 5) is 32.1. The molecule has 0 aromatic heterocycles. The Morgan fingerprint density at radius 1 is 1.09 bits per heavy atom. The highest BCUT2D eigenvalue weighted by Gasteiger charge is 2.25. The van der Waals surface area contributed by atoms with Crippen molar-refractivity contribution in [3.8, 4) is 0 Å². The highest BCUT2D eigenvalue weighted by atomic mass is 32.2. The summed E-state index contributed by atoms with van der Waals surface area (Å²) in [6.07, 6.45) is 4.19. The maximum atomic E-state index is 11.0. The van der Waals surface area contributed by atoms with E-state index in [1.807, 2.05) is 37.3 Å². The van der Waals surface area contributed by atoms with Crippen LogP contribution in [0.1, 0.15) is 46.1 Å². The van der Waals surface area contributed by atoms with Crippen LogP contribution in [0.4, 0.5) is 0 Å². The van der Waals surface area contributed by atoms with Crippen molar-refractivity contribution < 1.29 is 36.8 Å². The molecule has 0 heterocycles. The van der Waals surface area contributed by atoms with Crippen molar-refractivity contribution in [2.75, 3.05) is 12.4 Å². The Morgan fingerprint density at radius 2 is 1.66 bits per heavy atom. The fraction of sp³-hybridized carbons (Fsp3) is 0.400. The van der Waals surface area contributed by atoms with E-state index in [0.29, 0.717) is 18.8 Å². The number of rotatable bonds is 11. The van der Waals surface area contributed by atoms with Gasteiger partial charge in [-0.2, -0.15) is 8.42 Å². The van der Waals surface area contributed by atoms with Gasteiger partial charge in [0.2, 0.25) is 5.91 Å². The monoisotopic (exact) mass is 511 g/mol. The second kappa shape index (κ2) is 18.1. The lowest BCUT2D eigenvalue weighted by atomic mass is 10.1. The van der Waals surface area contributed by atoms with Gasteiger partial charge in [0.15, 0.2) is 0 Å². The molecule has 0 atom stereocenters. The van der Waals surface area contributed by atoms with Crippen LogP contribution in [0.3, 0.4) is 0 Å². The number of hydrogen-bond acceptors (Lipinski definition) is 7. The zero-order valence-corrected chi connectivity index (χ0v) is 21.7. The molecule has 0 radical (unpaired) electrons. The second-order valence-corrected chi connectivity index (χ2v) is 9.32. The summed E-state index contributed by atoms with van der Waals surface area (Å²) >= 11 is 0. The first-order chi connectivity index (χ1) is 16.2. The van der Waals surface area contributed by atoms with Crippen molar-refractivity contribution in [1.82, 2.24) is 5.32 Å². The van der Waals surface area contributed by atoms with Crippen LogP contribution in [-0.4, -0.2) is 48.7 Å². The summed E-state index contributed by atoms with van der Waals surface area (Å²) in [7, 11) is -4.08. The van der Waals surface area contributed by atoms with Gasteiger partial charge in [-0.15, -0.1) is 0 Å². The molecule has 1 aromatic carbocycles. The lowest BCUT2D eigenvalue weighted by molar-refractivity contribution is -0.140. The van der Waals surface area contributed by atoms with E-state index in [1.54, 1.807) is 6.92 Å². The molecule has 10 heteroatoms. The van der Waals surface area contributed by atoms with Crippen molar-refractivity contribution in [3.63, 3.8) is 0 Å². The Labute approximate surface area is 208 Å². The van der Waals surface area contributed by atoms with Gasteiger partial charge in [-0.05, 0) is 38.8 Å². The third-order valence-electron chi connectivity index (χ3n) is 3.66. The molecular weight excluding hydrogens is 474 g/mol. The third-order valence-corrected chi connectivity index (χ3v) is 4.75. The molecule has 0 aliphatic heterocycles. The van der Waals surface area contributed by atoms with E-state index in [4.69, 9.17) is 9.29 Å². The molecule has 0 aliphatic rings. The van der Waals surface area contributed by atoms with Crippen LogP contribution in [0.25, 0.3) is 0 Å². The van der Waals surface area contributed by atoms with Crippen LogP contribution in [0.15, 0.2) is 67.8 Å². The topological polar surface area (TPSA) is 136 Å². The van der Waals surface area contributed by atoms with Gasteiger partial charge < -0.3 is 14.8 Å². The Bertz CT molecular complexity index is 937. The molecule has 2 N–H and O–H groups in total. The predicted molar refractivity (Wildman–Crippen MR) is 136 cm³/mol. The first kappa shape index (κ1) is 33.9. The molecular formula is C25H37NO8S. The normalized spacial score (nSPS) is 10.2. The lowest BCUT2D eigenvalue weighted by Gasteiger charge is -2.23. The molecule has 1 aromatic rings. The quantitative estimate of drug-likeness (QED) is 0.198. The van der Waals surface area contributed by atoms with Crippen molar-refractivity contribution in [2.24, 2.45) is 0 Å². The number of benzene rings is 1. The van der Waals surface area contributed by atoms with Gasteiger partial charge >= 0.3 is 11.9 Å². The van der Waals surface area contributed by atoms with E-state index in [0.717, 1.165) is 24.5 Å². The van der Waals surface area contributed by atoms with Crippen molar-refractivity contribution >= 4 is 28.0 Å². The molecule has 0 saturated heterocycles. The molecule has 0 bridgehead atoms. The minimum atomic E-state index is -4.08. The smallest absolute Gasteiger partial charge is 0.333 e. The molecule has 0 fully saturated rings. The fourth-order valence-electron chi connectivity index (χ4n) is 2.10. The Hall–Kier alpha value is -3.24. The van der Waals surface area contributed by atoms with Gasteiger partial charge in [-0.3, -0.25) is 9.35 Å².